The molecule has 1 unspecified atom stereocenters. The van der Waals surface area contributed by atoms with E-state index in [4.69, 9.17) is 16.3 Å². The van der Waals surface area contributed by atoms with Gasteiger partial charge in [0.25, 0.3) is 5.91 Å². The van der Waals surface area contributed by atoms with Gasteiger partial charge in [-0.25, -0.2) is 13.3 Å². The van der Waals surface area contributed by atoms with Crippen molar-refractivity contribution in [2.45, 2.75) is 37.8 Å². The monoisotopic (exact) mass is 512 g/mol. The van der Waals surface area contributed by atoms with E-state index in [1.54, 1.807) is 24.3 Å². The highest BCUT2D eigenvalue weighted by molar-refractivity contribution is 7.89. The van der Waals surface area contributed by atoms with Crippen LogP contribution in [0.25, 0.3) is 0 Å². The molecule has 2 amide bonds. The van der Waals surface area contributed by atoms with Gasteiger partial charge in [0.05, 0.1) is 23.6 Å². The molecule has 1 atom stereocenters. The molecule has 0 radical (unpaired) electrons. The first-order valence-electron chi connectivity index (χ1n) is 11.1. The van der Waals surface area contributed by atoms with E-state index in [1.807, 2.05) is 38.1 Å². The van der Waals surface area contributed by atoms with Crippen LogP contribution in [0.4, 0.5) is 5.69 Å². The highest BCUT2D eigenvalue weighted by Gasteiger charge is 2.47. The second-order valence-electron chi connectivity index (χ2n) is 8.20. The van der Waals surface area contributed by atoms with Crippen LogP contribution in [0.3, 0.4) is 0 Å². The summed E-state index contributed by atoms with van der Waals surface area (Å²) in [6, 6.07) is 18.5. The summed E-state index contributed by atoms with van der Waals surface area (Å²) in [5, 5.41) is 0.392. The highest BCUT2D eigenvalue weighted by Crippen LogP contribution is 2.31. The number of imide groups is 1. The third-order valence-electron chi connectivity index (χ3n) is 5.76. The number of carbonyl (C=O) groups is 2. The average Bonchev–Trinajstić information content (AvgIpc) is 3.13. The van der Waals surface area contributed by atoms with Crippen molar-refractivity contribution < 1.29 is 22.7 Å². The predicted octanol–water partition coefficient (Wildman–Crippen LogP) is 4.57. The fraction of sp³-hybridized carbons (Fsp3) is 0.231. The van der Waals surface area contributed by atoms with E-state index in [1.165, 1.54) is 24.3 Å². The summed E-state index contributed by atoms with van der Waals surface area (Å²) in [5.41, 5.74) is 2.09. The molecule has 9 heteroatoms. The molecule has 0 N–H and O–H groups in total. The van der Waals surface area contributed by atoms with Crippen molar-refractivity contribution in [1.82, 2.24) is 4.31 Å². The van der Waals surface area contributed by atoms with Gasteiger partial charge < -0.3 is 4.74 Å². The summed E-state index contributed by atoms with van der Waals surface area (Å²) in [4.78, 5) is 27.5. The fourth-order valence-corrected chi connectivity index (χ4v) is 5.64. The summed E-state index contributed by atoms with van der Waals surface area (Å²) in [7, 11) is -4.13. The predicted molar refractivity (Wildman–Crippen MR) is 134 cm³/mol. The summed E-state index contributed by atoms with van der Waals surface area (Å²) < 4.78 is 33.9. The van der Waals surface area contributed by atoms with Gasteiger partial charge in [0.1, 0.15) is 11.8 Å². The number of aryl methyl sites for hydroxylation is 1. The normalized spacial score (nSPS) is 16.2. The lowest BCUT2D eigenvalue weighted by molar-refractivity contribution is -0.122. The van der Waals surface area contributed by atoms with Crippen LogP contribution in [0.2, 0.25) is 5.02 Å². The average molecular weight is 513 g/mol. The highest BCUT2D eigenvalue weighted by atomic mass is 35.5. The Balaban J connectivity index is 1.71. The molecule has 1 aliphatic heterocycles. The van der Waals surface area contributed by atoms with Crippen LogP contribution in [0, 0.1) is 6.92 Å². The maximum absolute atomic E-state index is 13.7. The van der Waals surface area contributed by atoms with Crippen LogP contribution >= 0.6 is 11.6 Å². The summed E-state index contributed by atoms with van der Waals surface area (Å²) in [5.74, 6) is -0.452. The summed E-state index contributed by atoms with van der Waals surface area (Å²) in [6.07, 6.45) is -0.259. The van der Waals surface area contributed by atoms with Crippen LogP contribution in [0.15, 0.2) is 77.7 Å². The Morgan fingerprint density at radius 2 is 1.60 bits per heavy atom. The van der Waals surface area contributed by atoms with Gasteiger partial charge in [0, 0.05) is 11.6 Å². The molecule has 1 aliphatic rings. The minimum absolute atomic E-state index is 0.00576. The second kappa shape index (κ2) is 10.2. The van der Waals surface area contributed by atoms with Crippen LogP contribution in [-0.4, -0.2) is 37.2 Å². The topological polar surface area (TPSA) is 84.0 Å². The van der Waals surface area contributed by atoms with Gasteiger partial charge in [-0.1, -0.05) is 41.4 Å². The van der Waals surface area contributed by atoms with Gasteiger partial charge in [0.2, 0.25) is 15.9 Å². The maximum atomic E-state index is 13.7. The molecular weight excluding hydrogens is 488 g/mol. The third kappa shape index (κ3) is 5.24. The lowest BCUT2D eigenvalue weighted by Gasteiger charge is -2.27. The van der Waals surface area contributed by atoms with Gasteiger partial charge in [-0.3, -0.25) is 9.59 Å². The lowest BCUT2D eigenvalue weighted by atomic mass is 10.1. The Hall–Kier alpha value is -3.20. The molecule has 1 saturated heterocycles. The molecule has 1 heterocycles. The first-order chi connectivity index (χ1) is 16.7. The molecule has 182 valence electrons. The van der Waals surface area contributed by atoms with Crippen molar-refractivity contribution >= 4 is 39.1 Å². The molecule has 0 aromatic heterocycles. The lowest BCUT2D eigenvalue weighted by Crippen LogP contribution is -2.45. The van der Waals surface area contributed by atoms with E-state index < -0.39 is 27.9 Å². The number of benzene rings is 3. The van der Waals surface area contributed by atoms with Gasteiger partial charge in [0.15, 0.2) is 0 Å². The van der Waals surface area contributed by atoms with Gasteiger partial charge in [-0.05, 0) is 67.9 Å². The third-order valence-corrected chi connectivity index (χ3v) is 7.88. The number of halogens is 1. The van der Waals surface area contributed by atoms with Crippen molar-refractivity contribution in [2.24, 2.45) is 0 Å². The molecule has 7 nitrogen and oxygen atoms in total. The van der Waals surface area contributed by atoms with E-state index in [-0.39, 0.29) is 17.9 Å². The summed E-state index contributed by atoms with van der Waals surface area (Å²) in [6.45, 7) is 4.21. The molecule has 3 aromatic carbocycles. The number of amides is 2. The minimum Gasteiger partial charge on any atom is -0.494 e. The van der Waals surface area contributed by atoms with Crippen LogP contribution in [0.1, 0.15) is 24.5 Å². The van der Waals surface area contributed by atoms with Crippen molar-refractivity contribution in [2.75, 3.05) is 11.5 Å². The molecule has 0 saturated carbocycles. The van der Waals surface area contributed by atoms with Crippen LogP contribution < -0.4 is 9.64 Å². The van der Waals surface area contributed by atoms with E-state index in [2.05, 4.69) is 0 Å². The zero-order chi connectivity index (χ0) is 25.2. The number of anilines is 1. The smallest absolute Gasteiger partial charge is 0.252 e. The summed E-state index contributed by atoms with van der Waals surface area (Å²) >= 11 is 5.95. The molecule has 1 fully saturated rings. The first kappa shape index (κ1) is 24.9. The number of hydrogen-bond acceptors (Lipinski definition) is 5. The number of hydrogen-bond donors (Lipinski definition) is 0. The standard InChI is InChI=1S/C26H25ClN2O5S/c1-3-34-22-12-10-21(11-13-22)29-25(30)16-24(26(29)31)28(17-19-6-4-18(2)5-7-19)35(32,33)23-14-8-20(27)9-15-23/h4-15,24H,3,16-17H2,1-2H3. The molecule has 4 rings (SSSR count). The van der Waals surface area contributed by atoms with E-state index in [0.717, 1.165) is 14.8 Å². The second-order valence-corrected chi connectivity index (χ2v) is 10.5. The van der Waals surface area contributed by atoms with E-state index >= 15 is 0 Å². The minimum atomic E-state index is -4.13. The Morgan fingerprint density at radius 1 is 0.971 bits per heavy atom. The number of sulfonamides is 1. The molecule has 35 heavy (non-hydrogen) atoms. The number of ether oxygens (including phenoxy) is 1. The molecule has 0 bridgehead atoms. The number of nitrogens with zero attached hydrogens (tertiary/aromatic N) is 2. The quantitative estimate of drug-likeness (QED) is 0.413. The van der Waals surface area contributed by atoms with Crippen molar-refractivity contribution in [3.8, 4) is 5.75 Å². The van der Waals surface area contributed by atoms with Crippen molar-refractivity contribution in [3.05, 3.63) is 88.9 Å². The van der Waals surface area contributed by atoms with Crippen molar-refractivity contribution in [3.63, 3.8) is 0 Å². The van der Waals surface area contributed by atoms with Gasteiger partial charge in [-0.2, -0.15) is 4.31 Å². The van der Waals surface area contributed by atoms with E-state index in [9.17, 15) is 18.0 Å². The SMILES string of the molecule is CCOc1ccc(N2C(=O)CC(N(Cc3ccc(C)cc3)S(=O)(=O)c3ccc(Cl)cc3)C2=O)cc1. The van der Waals surface area contributed by atoms with E-state index in [0.29, 0.717) is 28.6 Å². The largest absolute Gasteiger partial charge is 0.494 e. The van der Waals surface area contributed by atoms with Gasteiger partial charge in [-0.15, -0.1) is 0 Å². The number of carbonyl (C=O) groups excluding carboxylic acids is 2. The Kier molecular flexibility index (Phi) is 7.25. The molecular formula is C26H25ClN2O5S. The zero-order valence-corrected chi connectivity index (χ0v) is 20.9. The zero-order valence-electron chi connectivity index (χ0n) is 19.3. The molecule has 0 spiro atoms. The maximum Gasteiger partial charge on any atom is 0.252 e. The number of rotatable bonds is 8. The van der Waals surface area contributed by atoms with Crippen molar-refractivity contribution in [1.29, 1.82) is 0 Å². The molecule has 0 aliphatic carbocycles. The Bertz CT molecular complexity index is 1320. The fourth-order valence-electron chi connectivity index (χ4n) is 3.95. The van der Waals surface area contributed by atoms with Crippen LogP contribution in [0.5, 0.6) is 5.75 Å². The Labute approximate surface area is 209 Å². The Morgan fingerprint density at radius 3 is 2.20 bits per heavy atom. The first-order valence-corrected chi connectivity index (χ1v) is 12.9. The van der Waals surface area contributed by atoms with Gasteiger partial charge >= 0.3 is 0 Å². The van der Waals surface area contributed by atoms with Crippen LogP contribution in [-0.2, 0) is 26.2 Å². The molecule has 3 aromatic rings.